The molecule has 5 rings (SSSR count). The second-order valence-electron chi connectivity index (χ2n) is 8.16. The Morgan fingerprint density at radius 2 is 2.12 bits per heavy atom. The van der Waals surface area contributed by atoms with Crippen LogP contribution < -0.4 is 4.90 Å². The third kappa shape index (κ3) is 2.44. The minimum Gasteiger partial charge on any atom is -0.374 e. The molecule has 130 valence electrons. The second kappa shape index (κ2) is 5.39. The van der Waals surface area contributed by atoms with Crippen LogP contribution in [0.25, 0.3) is 0 Å². The number of aromatic nitrogens is 1. The number of thiazole rings is 1. The van der Waals surface area contributed by atoms with Crippen LogP contribution in [0, 0.1) is 5.41 Å². The minimum atomic E-state index is 0.0168. The molecule has 3 aliphatic rings. The van der Waals surface area contributed by atoms with E-state index in [2.05, 4.69) is 43.0 Å². The van der Waals surface area contributed by atoms with E-state index in [-0.39, 0.29) is 23.3 Å². The van der Waals surface area contributed by atoms with Gasteiger partial charge in [0.2, 0.25) is 0 Å². The molecule has 0 spiro atoms. The highest BCUT2D eigenvalue weighted by Crippen LogP contribution is 2.45. The molecule has 0 radical (unpaired) electrons. The molecular weight excluding hydrogens is 332 g/mol. The zero-order valence-electron chi connectivity index (χ0n) is 14.6. The number of carbonyl (C=O) groups excluding carboxylic acids is 1. The fourth-order valence-corrected chi connectivity index (χ4v) is 5.62. The fraction of sp³-hybridized carbons (Fsp3) is 0.500. The van der Waals surface area contributed by atoms with E-state index in [9.17, 15) is 4.79 Å². The van der Waals surface area contributed by atoms with Crippen LogP contribution in [0.1, 0.15) is 52.8 Å². The van der Waals surface area contributed by atoms with E-state index < -0.39 is 0 Å². The number of morpholine rings is 1. The van der Waals surface area contributed by atoms with Gasteiger partial charge in [-0.3, -0.25) is 4.79 Å². The normalized spacial score (nSPS) is 27.0. The van der Waals surface area contributed by atoms with Crippen LogP contribution in [0.15, 0.2) is 24.3 Å². The largest absolute Gasteiger partial charge is 0.374 e. The van der Waals surface area contributed by atoms with E-state index in [0.717, 1.165) is 41.7 Å². The number of nitrogens with zero attached hydrogens (tertiary/aromatic N) is 2. The van der Waals surface area contributed by atoms with Crippen LogP contribution in [0.4, 0.5) is 5.13 Å². The highest BCUT2D eigenvalue weighted by Gasteiger charge is 2.42. The molecule has 2 aromatic rings. The molecule has 4 nitrogen and oxygen atoms in total. The minimum absolute atomic E-state index is 0.0168. The first-order valence-corrected chi connectivity index (χ1v) is 9.82. The number of ketones is 1. The average Bonchev–Trinajstić information content (AvgIpc) is 3.14. The Labute approximate surface area is 151 Å². The Morgan fingerprint density at radius 3 is 3.00 bits per heavy atom. The van der Waals surface area contributed by atoms with Gasteiger partial charge in [-0.2, -0.15) is 0 Å². The van der Waals surface area contributed by atoms with Gasteiger partial charge in [-0.15, -0.1) is 0 Å². The molecule has 1 saturated heterocycles. The van der Waals surface area contributed by atoms with Crippen molar-refractivity contribution >= 4 is 22.3 Å². The summed E-state index contributed by atoms with van der Waals surface area (Å²) in [5.74, 6) is 0.256. The lowest BCUT2D eigenvalue weighted by molar-refractivity contribution is 0.0199. The maximum absolute atomic E-state index is 12.6. The van der Waals surface area contributed by atoms with Crippen molar-refractivity contribution in [3.05, 3.63) is 46.0 Å². The second-order valence-corrected chi connectivity index (χ2v) is 9.14. The zero-order chi connectivity index (χ0) is 17.2. The van der Waals surface area contributed by atoms with Crippen LogP contribution in [0.3, 0.4) is 0 Å². The first-order chi connectivity index (χ1) is 12.0. The monoisotopic (exact) mass is 354 g/mol. The van der Waals surface area contributed by atoms with Crippen molar-refractivity contribution in [2.75, 3.05) is 18.1 Å². The number of hydrogen-bond donors (Lipinski definition) is 0. The number of hydrogen-bond acceptors (Lipinski definition) is 5. The highest BCUT2D eigenvalue weighted by molar-refractivity contribution is 7.17. The van der Waals surface area contributed by atoms with Gasteiger partial charge in [0.1, 0.15) is 0 Å². The number of ether oxygens (including phenoxy) is 1. The first kappa shape index (κ1) is 15.5. The van der Waals surface area contributed by atoms with E-state index in [1.54, 1.807) is 11.3 Å². The summed E-state index contributed by atoms with van der Waals surface area (Å²) < 4.78 is 6.06. The summed E-state index contributed by atoms with van der Waals surface area (Å²) in [6.45, 7) is 5.87. The smallest absolute Gasteiger partial charge is 0.186 e. The predicted molar refractivity (Wildman–Crippen MR) is 98.5 cm³/mol. The molecule has 1 fully saturated rings. The Kier molecular flexibility index (Phi) is 3.35. The topological polar surface area (TPSA) is 42.4 Å². The van der Waals surface area contributed by atoms with Crippen molar-refractivity contribution in [2.24, 2.45) is 5.41 Å². The Bertz CT molecular complexity index is 857. The number of carbonyl (C=O) groups is 1. The molecule has 25 heavy (non-hydrogen) atoms. The molecule has 5 heteroatoms. The fourth-order valence-electron chi connectivity index (χ4n) is 4.54. The number of benzene rings is 1. The molecule has 1 aliphatic heterocycles. The van der Waals surface area contributed by atoms with Crippen molar-refractivity contribution in [1.82, 2.24) is 4.98 Å². The maximum Gasteiger partial charge on any atom is 0.186 e. The van der Waals surface area contributed by atoms with Crippen LogP contribution in [-0.2, 0) is 17.6 Å². The SMILES string of the molecule is CC1(C)CC(=O)c2sc(N3CCO[C@@H]4Cc5ccccc5[C@@H]43)nc2C1. The molecule has 0 saturated carbocycles. The average molecular weight is 354 g/mol. The molecule has 1 aromatic carbocycles. The lowest BCUT2D eigenvalue weighted by atomic mass is 9.78. The van der Waals surface area contributed by atoms with Gasteiger partial charge >= 0.3 is 0 Å². The Balaban J connectivity index is 1.55. The van der Waals surface area contributed by atoms with E-state index >= 15 is 0 Å². The number of rotatable bonds is 1. The van der Waals surface area contributed by atoms with Gasteiger partial charge in [-0.1, -0.05) is 49.4 Å². The molecule has 0 bridgehead atoms. The van der Waals surface area contributed by atoms with Gasteiger partial charge in [-0.25, -0.2) is 4.98 Å². The third-order valence-electron chi connectivity index (χ3n) is 5.62. The molecule has 0 unspecified atom stereocenters. The Morgan fingerprint density at radius 1 is 1.28 bits per heavy atom. The van der Waals surface area contributed by atoms with Crippen LogP contribution in [0.2, 0.25) is 0 Å². The lowest BCUT2D eigenvalue weighted by Crippen LogP contribution is -2.43. The van der Waals surface area contributed by atoms with Crippen LogP contribution >= 0.6 is 11.3 Å². The van der Waals surface area contributed by atoms with Crippen LogP contribution in [-0.4, -0.2) is 30.0 Å². The van der Waals surface area contributed by atoms with Gasteiger partial charge in [0, 0.05) is 19.4 Å². The molecule has 1 aromatic heterocycles. The predicted octanol–water partition coefficient (Wildman–Crippen LogP) is 3.80. The zero-order valence-corrected chi connectivity index (χ0v) is 15.4. The van der Waals surface area contributed by atoms with Crippen molar-refractivity contribution in [1.29, 1.82) is 0 Å². The van der Waals surface area contributed by atoms with E-state index in [1.807, 2.05) is 0 Å². The molecule has 0 N–H and O–H groups in total. The van der Waals surface area contributed by atoms with Crippen molar-refractivity contribution in [2.45, 2.75) is 45.3 Å². The van der Waals surface area contributed by atoms with E-state index in [0.29, 0.717) is 6.42 Å². The highest BCUT2D eigenvalue weighted by atomic mass is 32.1. The van der Waals surface area contributed by atoms with Crippen molar-refractivity contribution < 1.29 is 9.53 Å². The summed E-state index contributed by atoms with van der Waals surface area (Å²) in [6, 6.07) is 8.84. The summed E-state index contributed by atoms with van der Waals surface area (Å²) in [6.07, 6.45) is 2.67. The molecule has 2 aliphatic carbocycles. The van der Waals surface area contributed by atoms with E-state index in [1.165, 1.54) is 11.1 Å². The van der Waals surface area contributed by atoms with Crippen molar-refractivity contribution in [3.63, 3.8) is 0 Å². The summed E-state index contributed by atoms with van der Waals surface area (Å²) in [5.41, 5.74) is 3.74. The maximum atomic E-state index is 12.6. The molecule has 0 amide bonds. The quantitative estimate of drug-likeness (QED) is 0.781. The summed E-state index contributed by atoms with van der Waals surface area (Å²) in [4.78, 5) is 20.7. The van der Waals surface area contributed by atoms with Crippen molar-refractivity contribution in [3.8, 4) is 0 Å². The summed E-state index contributed by atoms with van der Waals surface area (Å²) in [7, 11) is 0. The van der Waals surface area contributed by atoms with Gasteiger partial charge in [-0.05, 0) is 23.0 Å². The van der Waals surface area contributed by atoms with E-state index in [4.69, 9.17) is 9.72 Å². The number of fused-ring (bicyclic) bond motifs is 4. The Hall–Kier alpha value is -1.72. The number of Topliss-reactive ketones (excluding diaryl/α,β-unsaturated/α-hetero) is 1. The van der Waals surface area contributed by atoms with Gasteiger partial charge in [0.05, 0.1) is 29.3 Å². The summed E-state index contributed by atoms with van der Waals surface area (Å²) in [5, 5.41) is 0.992. The van der Waals surface area contributed by atoms with Gasteiger partial charge in [0.25, 0.3) is 0 Å². The first-order valence-electron chi connectivity index (χ1n) is 9.01. The third-order valence-corrected chi connectivity index (χ3v) is 6.79. The van der Waals surface area contributed by atoms with Crippen LogP contribution in [0.5, 0.6) is 0 Å². The lowest BCUT2D eigenvalue weighted by Gasteiger charge is -2.38. The number of anilines is 1. The summed E-state index contributed by atoms with van der Waals surface area (Å²) >= 11 is 1.58. The standard InChI is InChI=1S/C20H22N2O2S/c1-20(2)10-14-18(15(23)11-20)25-19(21-14)22-7-8-24-16-9-12-5-3-4-6-13(12)17(16)22/h3-6,16-17H,7-11H2,1-2H3/t16-,17+/m1/s1. The van der Waals surface area contributed by atoms with Gasteiger partial charge in [0.15, 0.2) is 10.9 Å². The van der Waals surface area contributed by atoms with Gasteiger partial charge < -0.3 is 9.64 Å². The molecular formula is C20H22N2O2S. The molecule has 2 heterocycles. The molecule has 2 atom stereocenters.